The quantitative estimate of drug-likeness (QED) is 0.899. The smallest absolute Gasteiger partial charge is 0.390 e. The van der Waals surface area contributed by atoms with E-state index in [-0.39, 0.29) is 0 Å². The van der Waals surface area contributed by atoms with Crippen LogP contribution >= 0.6 is 0 Å². The second kappa shape index (κ2) is 5.02. The molecule has 0 bridgehead atoms. The number of fused-ring (bicyclic) bond motifs is 1. The Morgan fingerprint density at radius 1 is 1.28 bits per heavy atom. The zero-order valence-corrected chi connectivity index (χ0v) is 9.92. The first-order valence-electron chi connectivity index (χ1n) is 5.71. The highest BCUT2D eigenvalue weighted by Crippen LogP contribution is 2.23. The molecule has 0 saturated carbocycles. The third-order valence-corrected chi connectivity index (χ3v) is 2.74. The molecule has 0 saturated heterocycles. The highest BCUT2D eigenvalue weighted by molar-refractivity contribution is 5.80. The van der Waals surface area contributed by atoms with Crippen molar-refractivity contribution in [3.63, 3.8) is 0 Å². The average molecular weight is 257 g/mol. The Labute approximate surface area is 103 Å². The van der Waals surface area contributed by atoms with Gasteiger partial charge < -0.3 is 9.73 Å². The van der Waals surface area contributed by atoms with Gasteiger partial charge in [-0.1, -0.05) is 18.2 Å². The molecule has 5 heteroatoms. The lowest BCUT2D eigenvalue weighted by Gasteiger charge is -2.15. The maximum absolute atomic E-state index is 12.2. The van der Waals surface area contributed by atoms with Gasteiger partial charge >= 0.3 is 6.18 Å². The zero-order valence-electron chi connectivity index (χ0n) is 9.92. The number of nitrogens with one attached hydrogen (secondary N) is 1. The molecule has 1 atom stereocenters. The summed E-state index contributed by atoms with van der Waals surface area (Å²) in [6.07, 6.45) is -3.38. The number of rotatable bonds is 4. The minimum Gasteiger partial charge on any atom is -0.464 e. The van der Waals surface area contributed by atoms with E-state index in [0.29, 0.717) is 6.54 Å². The molecular formula is C13H14F3NO. The van der Waals surface area contributed by atoms with Gasteiger partial charge in [-0.25, -0.2) is 0 Å². The first-order chi connectivity index (χ1) is 8.46. The maximum atomic E-state index is 12.2. The predicted octanol–water partition coefficient (Wildman–Crippen LogP) is 3.86. The number of hydrogen-bond acceptors (Lipinski definition) is 2. The maximum Gasteiger partial charge on any atom is 0.390 e. The Balaban J connectivity index is 1.98. The SMILES string of the molecule is CC(CC(F)(F)F)NCc1coc2ccccc12. The topological polar surface area (TPSA) is 25.2 Å². The van der Waals surface area contributed by atoms with Crippen LogP contribution in [0.2, 0.25) is 0 Å². The van der Waals surface area contributed by atoms with Crippen molar-refractivity contribution in [1.82, 2.24) is 5.32 Å². The van der Waals surface area contributed by atoms with Crippen molar-refractivity contribution in [2.75, 3.05) is 0 Å². The van der Waals surface area contributed by atoms with Crippen molar-refractivity contribution in [2.45, 2.75) is 32.1 Å². The highest BCUT2D eigenvalue weighted by atomic mass is 19.4. The summed E-state index contributed by atoms with van der Waals surface area (Å²) in [5, 5.41) is 3.79. The van der Waals surface area contributed by atoms with E-state index < -0.39 is 18.6 Å². The fraction of sp³-hybridized carbons (Fsp3) is 0.385. The third-order valence-electron chi connectivity index (χ3n) is 2.74. The van der Waals surface area contributed by atoms with Gasteiger partial charge in [0.05, 0.1) is 12.7 Å². The molecule has 2 rings (SSSR count). The molecular weight excluding hydrogens is 243 g/mol. The van der Waals surface area contributed by atoms with Gasteiger partial charge in [0.2, 0.25) is 0 Å². The second-order valence-corrected chi connectivity index (χ2v) is 4.36. The molecule has 98 valence electrons. The fourth-order valence-corrected chi connectivity index (χ4v) is 1.87. The Hall–Kier alpha value is -1.49. The van der Waals surface area contributed by atoms with Crippen LogP contribution in [0.3, 0.4) is 0 Å². The highest BCUT2D eigenvalue weighted by Gasteiger charge is 2.29. The molecule has 0 fully saturated rings. The molecule has 0 aliphatic carbocycles. The molecule has 0 amide bonds. The van der Waals surface area contributed by atoms with Gasteiger partial charge in [-0.15, -0.1) is 0 Å². The van der Waals surface area contributed by atoms with Crippen molar-refractivity contribution in [3.05, 3.63) is 36.1 Å². The van der Waals surface area contributed by atoms with Crippen LogP contribution in [-0.4, -0.2) is 12.2 Å². The minimum absolute atomic E-state index is 0.369. The molecule has 1 aromatic heterocycles. The van der Waals surface area contributed by atoms with Gasteiger partial charge in [0, 0.05) is 23.5 Å². The molecule has 1 aromatic carbocycles. The molecule has 18 heavy (non-hydrogen) atoms. The molecule has 0 radical (unpaired) electrons. The van der Waals surface area contributed by atoms with Gasteiger partial charge in [-0.05, 0) is 13.0 Å². The van der Waals surface area contributed by atoms with E-state index in [2.05, 4.69) is 5.32 Å². The monoisotopic (exact) mass is 257 g/mol. The van der Waals surface area contributed by atoms with E-state index >= 15 is 0 Å². The molecule has 2 aromatic rings. The lowest BCUT2D eigenvalue weighted by atomic mass is 10.1. The lowest BCUT2D eigenvalue weighted by Crippen LogP contribution is -2.30. The Morgan fingerprint density at radius 3 is 2.72 bits per heavy atom. The van der Waals surface area contributed by atoms with Gasteiger partial charge in [0.1, 0.15) is 5.58 Å². The fourth-order valence-electron chi connectivity index (χ4n) is 1.87. The summed E-state index contributed by atoms with van der Waals surface area (Å²) < 4.78 is 41.8. The summed E-state index contributed by atoms with van der Waals surface area (Å²) in [6.45, 7) is 1.89. The minimum atomic E-state index is -4.13. The van der Waals surface area contributed by atoms with Gasteiger partial charge in [-0.3, -0.25) is 0 Å². The van der Waals surface area contributed by atoms with E-state index in [4.69, 9.17) is 4.42 Å². The number of benzene rings is 1. The van der Waals surface area contributed by atoms with E-state index in [9.17, 15) is 13.2 Å². The largest absolute Gasteiger partial charge is 0.464 e. The second-order valence-electron chi connectivity index (χ2n) is 4.36. The summed E-state index contributed by atoms with van der Waals surface area (Å²) in [7, 11) is 0. The standard InChI is InChI=1S/C13H14F3NO/c1-9(6-13(14,15)16)17-7-10-8-18-12-5-3-2-4-11(10)12/h2-5,8-9,17H,6-7H2,1H3. The van der Waals surface area contributed by atoms with E-state index in [1.54, 1.807) is 6.26 Å². The van der Waals surface area contributed by atoms with Gasteiger partial charge in [0.15, 0.2) is 0 Å². The first-order valence-corrected chi connectivity index (χ1v) is 5.71. The van der Waals surface area contributed by atoms with Crippen LogP contribution in [0, 0.1) is 0 Å². The van der Waals surface area contributed by atoms with Crippen molar-refractivity contribution >= 4 is 11.0 Å². The van der Waals surface area contributed by atoms with Crippen LogP contribution in [0.15, 0.2) is 34.9 Å². The van der Waals surface area contributed by atoms with Crippen LogP contribution in [-0.2, 0) is 6.54 Å². The van der Waals surface area contributed by atoms with E-state index in [1.807, 2.05) is 24.3 Å². The number of alkyl halides is 3. The normalized spacial score (nSPS) is 14.0. The number of furan rings is 1. The molecule has 1 unspecified atom stereocenters. The van der Waals surface area contributed by atoms with Crippen LogP contribution in [0.5, 0.6) is 0 Å². The Morgan fingerprint density at radius 2 is 2.00 bits per heavy atom. The molecule has 0 aliphatic rings. The zero-order chi connectivity index (χ0) is 13.2. The van der Waals surface area contributed by atoms with Crippen molar-refractivity contribution in [1.29, 1.82) is 0 Å². The molecule has 0 aliphatic heterocycles. The molecule has 2 nitrogen and oxygen atoms in total. The van der Waals surface area contributed by atoms with Crippen molar-refractivity contribution < 1.29 is 17.6 Å². The third kappa shape index (κ3) is 3.26. The molecule has 1 N–H and O–H groups in total. The summed E-state index contributed by atoms with van der Waals surface area (Å²) in [5.41, 5.74) is 1.62. The summed E-state index contributed by atoms with van der Waals surface area (Å²) >= 11 is 0. The molecule has 0 spiro atoms. The van der Waals surface area contributed by atoms with E-state index in [1.165, 1.54) is 6.92 Å². The molecule has 1 heterocycles. The number of halogens is 3. The predicted molar refractivity (Wildman–Crippen MR) is 63.2 cm³/mol. The Bertz CT molecular complexity index is 518. The van der Waals surface area contributed by atoms with E-state index in [0.717, 1.165) is 16.5 Å². The van der Waals surface area contributed by atoms with Gasteiger partial charge in [-0.2, -0.15) is 13.2 Å². The Kier molecular flexibility index (Phi) is 3.61. The number of hydrogen-bond donors (Lipinski definition) is 1. The van der Waals surface area contributed by atoms with Crippen molar-refractivity contribution in [3.8, 4) is 0 Å². The summed E-state index contributed by atoms with van der Waals surface area (Å²) in [6, 6.07) is 6.84. The van der Waals surface area contributed by atoms with Crippen LogP contribution < -0.4 is 5.32 Å². The summed E-state index contributed by atoms with van der Waals surface area (Å²) in [5.74, 6) is 0. The van der Waals surface area contributed by atoms with Crippen LogP contribution in [0.25, 0.3) is 11.0 Å². The summed E-state index contributed by atoms with van der Waals surface area (Å²) in [4.78, 5) is 0. The van der Waals surface area contributed by atoms with Crippen molar-refractivity contribution in [2.24, 2.45) is 0 Å². The first kappa shape index (κ1) is 13.0. The van der Waals surface area contributed by atoms with Gasteiger partial charge in [0.25, 0.3) is 0 Å². The van der Waals surface area contributed by atoms with Crippen LogP contribution in [0.1, 0.15) is 18.9 Å². The lowest BCUT2D eigenvalue weighted by molar-refractivity contribution is -0.139. The van der Waals surface area contributed by atoms with Crippen LogP contribution in [0.4, 0.5) is 13.2 Å². The average Bonchev–Trinajstić information content (AvgIpc) is 2.67. The number of para-hydroxylation sites is 1.